The number of carboxylic acids is 1. The van der Waals surface area contributed by atoms with Crippen molar-refractivity contribution in [2.45, 2.75) is 146 Å². The number of carboxylic acid groups (broad SMARTS) is 1. The molecule has 7 aromatic carbocycles. The van der Waals surface area contributed by atoms with E-state index in [1.54, 1.807) is 79.8 Å². The van der Waals surface area contributed by atoms with Crippen LogP contribution in [0.2, 0.25) is 0 Å². The standard InChI is InChI=1S/2C27H26FN5O3.C26H24FN5O3.C20H19FN4O5S/c2*1-17(18-7-4-3-5-8-18)30-27-29-15-14-21(31-27)24-23(19-10-12-20(28)13-11-19)25(34)33-22(26(35)36-2)9-6-16-32(24)33;1-16(17-6-3-2-4-7-17)29-26-28-14-13-20(30-26)23-22(18-9-11-19(27)12-10-18)24(33)32-21(25(34)35)8-5-15-31(23)32;1-30-19(27)15-4-3-11-24-17(14-9-10-22-20(23-14)31(2,28)29)16(18(26)25(15)24)12-5-7-13(21)8-6-12/h2*3-5,7-8,10-15,17,22H,6,9,16H2,1-2H3,(H,29,30,31);2-4,6-7,9-14,16,21H,5,8,15H2,1H3,(H,34,35)(H,28,29,30);5-10,15H,3-4,11H2,1-2H3/t2*17-,22-;16-,21-;15-/m0000/s1. The molecular formula is C100H95F4N19O14S. The maximum atomic E-state index is 13.8. The molecule has 138 heavy (non-hydrogen) atoms. The highest BCUT2D eigenvalue weighted by Crippen LogP contribution is 2.41. The number of aliphatic carboxylic acids is 1. The van der Waals surface area contributed by atoms with E-state index in [4.69, 9.17) is 24.2 Å². The number of carbonyl (C=O) groups is 4. The van der Waals surface area contributed by atoms with E-state index in [1.165, 1.54) is 125 Å². The lowest BCUT2D eigenvalue weighted by Gasteiger charge is -2.26. The highest BCUT2D eigenvalue weighted by Gasteiger charge is 2.40. The third-order valence-electron chi connectivity index (χ3n) is 24.4. The Labute approximate surface area is 787 Å². The molecule has 708 valence electrons. The molecular weight excluding hydrogens is 1800 g/mol. The second kappa shape index (κ2) is 41.4. The van der Waals surface area contributed by atoms with Gasteiger partial charge >= 0.3 is 23.9 Å². The molecule has 4 aliphatic heterocycles. The lowest BCUT2D eigenvalue weighted by molar-refractivity contribution is -0.147. The summed E-state index contributed by atoms with van der Waals surface area (Å²) in [7, 11) is 0.176. The molecule has 4 aliphatic rings. The lowest BCUT2D eigenvalue weighted by Crippen LogP contribution is -2.37. The fourth-order valence-corrected chi connectivity index (χ4v) is 18.3. The summed E-state index contributed by atoms with van der Waals surface area (Å²) in [5.74, 6) is -3.09. The number of halogens is 4. The molecule has 0 spiro atoms. The first-order chi connectivity index (χ1) is 66.6. The van der Waals surface area contributed by atoms with E-state index >= 15 is 0 Å². The maximum absolute atomic E-state index is 13.8. The number of carbonyl (C=O) groups excluding carboxylic acids is 3. The van der Waals surface area contributed by atoms with Gasteiger partial charge in [-0.2, -0.15) is 0 Å². The van der Waals surface area contributed by atoms with Crippen molar-refractivity contribution in [2.75, 3.05) is 43.5 Å². The van der Waals surface area contributed by atoms with Crippen molar-refractivity contribution in [2.24, 2.45) is 0 Å². The second-order valence-corrected chi connectivity index (χ2v) is 35.1. The van der Waals surface area contributed by atoms with Crippen LogP contribution in [0.5, 0.6) is 0 Å². The number of hydrogen-bond acceptors (Lipinski definition) is 24. The van der Waals surface area contributed by atoms with Gasteiger partial charge in [0.1, 0.15) is 23.3 Å². The minimum Gasteiger partial charge on any atom is -0.480 e. The van der Waals surface area contributed by atoms with Crippen LogP contribution in [0, 0.1) is 23.3 Å². The zero-order valence-electron chi connectivity index (χ0n) is 75.9. The van der Waals surface area contributed by atoms with Gasteiger partial charge in [-0.1, -0.05) is 140 Å². The van der Waals surface area contributed by atoms with Crippen LogP contribution in [-0.4, -0.2) is 142 Å². The van der Waals surface area contributed by atoms with Gasteiger partial charge in [0.25, 0.3) is 22.2 Å². The molecule has 19 rings (SSSR count). The predicted octanol–water partition coefficient (Wildman–Crippen LogP) is 15.5. The average molecular weight is 1900 g/mol. The van der Waals surface area contributed by atoms with E-state index in [0.717, 1.165) is 22.9 Å². The van der Waals surface area contributed by atoms with Gasteiger partial charge in [0, 0.05) is 57.2 Å². The van der Waals surface area contributed by atoms with Gasteiger partial charge < -0.3 is 35.3 Å². The van der Waals surface area contributed by atoms with Gasteiger partial charge in [-0.3, -0.25) is 37.9 Å². The molecule has 8 aromatic heterocycles. The summed E-state index contributed by atoms with van der Waals surface area (Å²) < 4.78 is 106. The molecule has 0 aliphatic carbocycles. The molecule has 0 bridgehead atoms. The topological polar surface area (TPSA) is 397 Å². The van der Waals surface area contributed by atoms with Crippen molar-refractivity contribution in [3.63, 3.8) is 0 Å². The average Bonchev–Trinajstić information content (AvgIpc) is 1.60. The zero-order valence-corrected chi connectivity index (χ0v) is 76.7. The summed E-state index contributed by atoms with van der Waals surface area (Å²) >= 11 is 0. The zero-order chi connectivity index (χ0) is 97.3. The number of aromatic nitrogens is 16. The number of anilines is 3. The van der Waals surface area contributed by atoms with Gasteiger partial charge in [0.05, 0.1) is 107 Å². The first-order valence-electron chi connectivity index (χ1n) is 44.5. The number of sulfone groups is 1. The molecule has 0 radical (unpaired) electrons. The van der Waals surface area contributed by atoms with Crippen molar-refractivity contribution >= 4 is 51.6 Å². The monoisotopic (exact) mass is 1890 g/mol. The number of benzene rings is 7. The molecule has 0 unspecified atom stereocenters. The minimum atomic E-state index is -3.70. The second-order valence-electron chi connectivity index (χ2n) is 33.2. The van der Waals surface area contributed by atoms with Gasteiger partial charge in [-0.25, -0.2) is 104 Å². The Bertz CT molecular complexity index is 7180. The Kier molecular flexibility index (Phi) is 28.5. The molecule has 38 heteroatoms. The minimum absolute atomic E-state index is 0.0487. The molecule has 0 saturated carbocycles. The number of rotatable bonds is 22. The van der Waals surface area contributed by atoms with Gasteiger partial charge in [0.2, 0.25) is 32.8 Å². The van der Waals surface area contributed by atoms with E-state index in [-0.39, 0.29) is 45.7 Å². The van der Waals surface area contributed by atoms with Crippen molar-refractivity contribution in [1.82, 2.24) is 77.3 Å². The third kappa shape index (κ3) is 19.9. The van der Waals surface area contributed by atoms with Crippen LogP contribution in [0.1, 0.15) is 131 Å². The van der Waals surface area contributed by atoms with Crippen LogP contribution in [0.3, 0.4) is 0 Å². The van der Waals surface area contributed by atoms with Crippen LogP contribution >= 0.6 is 0 Å². The number of ether oxygens (including phenoxy) is 3. The van der Waals surface area contributed by atoms with E-state index in [0.29, 0.717) is 174 Å². The number of nitrogens with zero attached hydrogens (tertiary/aromatic N) is 16. The van der Waals surface area contributed by atoms with Crippen LogP contribution in [-0.2, 0) is 69.4 Å². The van der Waals surface area contributed by atoms with E-state index < -0.39 is 92.3 Å². The van der Waals surface area contributed by atoms with Crippen LogP contribution in [0.15, 0.2) is 261 Å². The summed E-state index contributed by atoms with van der Waals surface area (Å²) in [6, 6.07) is 55.4. The third-order valence-corrected chi connectivity index (χ3v) is 25.2. The molecule has 33 nitrogen and oxygen atoms in total. The van der Waals surface area contributed by atoms with Crippen LogP contribution < -0.4 is 38.2 Å². The first-order valence-corrected chi connectivity index (χ1v) is 46.4. The number of methoxy groups -OCH3 is 3. The fourth-order valence-electron chi connectivity index (χ4n) is 17.8. The van der Waals surface area contributed by atoms with Gasteiger partial charge in [-0.05, 0) is 184 Å². The maximum Gasteiger partial charge on any atom is 0.330 e. The molecule has 7 atom stereocenters. The molecule has 0 fully saturated rings. The Morgan fingerprint density at radius 1 is 0.355 bits per heavy atom. The molecule has 15 aromatic rings. The van der Waals surface area contributed by atoms with Crippen molar-refractivity contribution in [1.29, 1.82) is 0 Å². The summed E-state index contributed by atoms with van der Waals surface area (Å²) in [5.41, 5.74) is 8.45. The number of esters is 3. The van der Waals surface area contributed by atoms with E-state index in [1.807, 2.05) is 112 Å². The van der Waals surface area contributed by atoms with E-state index in [2.05, 4.69) is 45.9 Å². The fraction of sp³-hybridized carbons (Fsp3) is 0.260. The predicted molar refractivity (Wildman–Crippen MR) is 506 cm³/mol. The molecule has 0 amide bonds. The normalized spacial score (nSPS) is 15.8. The summed E-state index contributed by atoms with van der Waals surface area (Å²) in [4.78, 5) is 139. The van der Waals surface area contributed by atoms with E-state index in [9.17, 15) is 69.4 Å². The highest BCUT2D eigenvalue weighted by molar-refractivity contribution is 7.90. The van der Waals surface area contributed by atoms with Gasteiger partial charge in [0.15, 0.2) is 24.2 Å². The van der Waals surface area contributed by atoms with Crippen molar-refractivity contribution < 1.29 is 64.5 Å². The number of fused-ring (bicyclic) bond motifs is 4. The summed E-state index contributed by atoms with van der Waals surface area (Å²) in [5, 5.41) is 19.3. The molecule has 0 saturated heterocycles. The Morgan fingerprint density at radius 2 is 0.594 bits per heavy atom. The van der Waals surface area contributed by atoms with Crippen molar-refractivity contribution in [3.8, 4) is 90.1 Å². The molecule has 12 heterocycles. The largest absolute Gasteiger partial charge is 0.480 e. The molecule has 4 N–H and O–H groups in total. The smallest absolute Gasteiger partial charge is 0.330 e. The summed E-state index contributed by atoms with van der Waals surface area (Å²) in [6.45, 7) is 7.93. The van der Waals surface area contributed by atoms with Crippen LogP contribution in [0.25, 0.3) is 90.1 Å². The Balaban J connectivity index is 0.000000133. The Morgan fingerprint density at radius 3 is 0.841 bits per heavy atom. The quantitative estimate of drug-likeness (QED) is 0.0212. The first kappa shape index (κ1) is 95.0. The highest BCUT2D eigenvalue weighted by atomic mass is 32.2. The Hall–Kier alpha value is -16.2. The van der Waals surface area contributed by atoms with Crippen molar-refractivity contribution in [3.05, 3.63) is 318 Å². The SMILES string of the molecule is COC(=O)[C@@H]1CCCn2c(-c3ccnc(N[C@@H](C)c4ccccc4)n3)c(-c3ccc(F)cc3)c(=O)n21.COC(=O)[C@@H]1CCCn2c(-c3ccnc(N[C@@H](C)c4ccccc4)n3)c(-c3ccc(F)cc3)c(=O)n21.COC(=O)[C@@H]1CCCn2c(-c3ccnc(S(C)(=O)=O)n3)c(-c3ccc(F)cc3)c(=O)n21.C[C@H](Nc1nccc(-c2c(-c3ccc(F)cc3)c(=O)n3n2CCC[C@H]3C(=O)O)n1)c1ccccc1. The number of hydrogen-bond donors (Lipinski definition) is 4. The number of nitrogens with one attached hydrogen (secondary N) is 3. The van der Waals surface area contributed by atoms with Gasteiger partial charge in [-0.15, -0.1) is 0 Å². The van der Waals surface area contributed by atoms with Crippen LogP contribution in [0.4, 0.5) is 35.4 Å². The lowest BCUT2D eigenvalue weighted by atomic mass is 10.0. The summed E-state index contributed by atoms with van der Waals surface area (Å²) in [6.07, 6.45) is 11.5.